The summed E-state index contributed by atoms with van der Waals surface area (Å²) < 4.78 is 25.8. The molecule has 106 valence electrons. The smallest absolute Gasteiger partial charge is 0.223 e. The van der Waals surface area contributed by atoms with Crippen LogP contribution in [0.3, 0.4) is 0 Å². The number of benzene rings is 1. The standard InChI is InChI=1S/C14H19F2NO2/c1-14(2,9-18)17(3)13(19)7-5-10-4-6-11(15)12(16)8-10/h4,6,8,18H,5,7,9H2,1-3H3. The number of rotatable bonds is 5. The quantitative estimate of drug-likeness (QED) is 0.891. The van der Waals surface area contributed by atoms with Crippen LogP contribution in [-0.2, 0) is 11.2 Å². The average Bonchev–Trinajstić information content (AvgIpc) is 2.38. The molecule has 1 aromatic rings. The zero-order valence-corrected chi connectivity index (χ0v) is 11.4. The summed E-state index contributed by atoms with van der Waals surface area (Å²) in [6, 6.07) is 3.61. The number of halogens is 2. The first-order chi connectivity index (χ1) is 8.77. The van der Waals surface area contributed by atoms with Crippen LogP contribution in [0, 0.1) is 11.6 Å². The highest BCUT2D eigenvalue weighted by Gasteiger charge is 2.26. The first-order valence-corrected chi connectivity index (χ1v) is 6.09. The summed E-state index contributed by atoms with van der Waals surface area (Å²) in [6.45, 7) is 3.37. The van der Waals surface area contributed by atoms with Crippen LogP contribution in [0.2, 0.25) is 0 Å². The maximum absolute atomic E-state index is 13.0. The van der Waals surface area contributed by atoms with Gasteiger partial charge in [-0.15, -0.1) is 0 Å². The van der Waals surface area contributed by atoms with Gasteiger partial charge in [-0.2, -0.15) is 0 Å². The van der Waals surface area contributed by atoms with E-state index in [1.807, 2.05) is 0 Å². The van der Waals surface area contributed by atoms with Crippen LogP contribution in [0.15, 0.2) is 18.2 Å². The van der Waals surface area contributed by atoms with Crippen LogP contribution < -0.4 is 0 Å². The Kier molecular flexibility index (Phi) is 5.00. The molecule has 0 fully saturated rings. The molecule has 1 rings (SSSR count). The highest BCUT2D eigenvalue weighted by atomic mass is 19.2. The number of nitrogens with zero attached hydrogens (tertiary/aromatic N) is 1. The van der Waals surface area contributed by atoms with Gasteiger partial charge in [-0.3, -0.25) is 4.79 Å². The number of hydrogen-bond donors (Lipinski definition) is 1. The van der Waals surface area contributed by atoms with Crippen LogP contribution in [-0.4, -0.2) is 35.1 Å². The zero-order valence-electron chi connectivity index (χ0n) is 11.4. The third-order valence-corrected chi connectivity index (χ3v) is 3.28. The molecular formula is C14H19F2NO2. The summed E-state index contributed by atoms with van der Waals surface area (Å²) in [5.41, 5.74) is -0.0621. The summed E-state index contributed by atoms with van der Waals surface area (Å²) in [5.74, 6) is -1.95. The van der Waals surface area contributed by atoms with E-state index in [4.69, 9.17) is 0 Å². The fourth-order valence-electron chi connectivity index (χ4n) is 1.56. The second-order valence-electron chi connectivity index (χ2n) is 5.17. The molecule has 3 nitrogen and oxygen atoms in total. The van der Waals surface area contributed by atoms with Gasteiger partial charge in [0.25, 0.3) is 0 Å². The van der Waals surface area contributed by atoms with Crippen molar-refractivity contribution in [2.45, 2.75) is 32.2 Å². The number of aliphatic hydroxyl groups excluding tert-OH is 1. The number of hydrogen-bond acceptors (Lipinski definition) is 2. The SMILES string of the molecule is CN(C(=O)CCc1ccc(F)c(F)c1)C(C)(C)CO. The Morgan fingerprint density at radius 2 is 1.95 bits per heavy atom. The van der Waals surface area contributed by atoms with Crippen molar-refractivity contribution in [3.8, 4) is 0 Å². The van der Waals surface area contributed by atoms with E-state index >= 15 is 0 Å². The lowest BCUT2D eigenvalue weighted by atomic mass is 10.0. The molecule has 0 unspecified atom stereocenters. The van der Waals surface area contributed by atoms with Gasteiger partial charge in [0.2, 0.25) is 5.91 Å². The fraction of sp³-hybridized carbons (Fsp3) is 0.500. The monoisotopic (exact) mass is 271 g/mol. The minimum absolute atomic E-state index is 0.138. The number of likely N-dealkylation sites (N-methyl/N-ethyl adjacent to an activating group) is 1. The van der Waals surface area contributed by atoms with Crippen molar-refractivity contribution in [2.24, 2.45) is 0 Å². The third kappa shape index (κ3) is 3.99. The third-order valence-electron chi connectivity index (χ3n) is 3.28. The van der Waals surface area contributed by atoms with Crippen molar-refractivity contribution in [3.63, 3.8) is 0 Å². The van der Waals surface area contributed by atoms with E-state index in [0.717, 1.165) is 12.1 Å². The summed E-state index contributed by atoms with van der Waals surface area (Å²) in [6.07, 6.45) is 0.521. The van der Waals surface area contributed by atoms with Crippen LogP contribution in [0.25, 0.3) is 0 Å². The van der Waals surface area contributed by atoms with E-state index in [0.29, 0.717) is 12.0 Å². The van der Waals surface area contributed by atoms with Crippen LogP contribution in [0.5, 0.6) is 0 Å². The zero-order chi connectivity index (χ0) is 14.6. The number of aryl methyl sites for hydroxylation is 1. The molecule has 0 atom stereocenters. The van der Waals surface area contributed by atoms with Crippen LogP contribution in [0.1, 0.15) is 25.8 Å². The van der Waals surface area contributed by atoms with E-state index in [1.165, 1.54) is 11.0 Å². The van der Waals surface area contributed by atoms with Crippen LogP contribution >= 0.6 is 0 Å². The summed E-state index contributed by atoms with van der Waals surface area (Å²) >= 11 is 0. The Morgan fingerprint density at radius 3 is 2.47 bits per heavy atom. The van der Waals surface area contributed by atoms with Gasteiger partial charge >= 0.3 is 0 Å². The van der Waals surface area contributed by atoms with Gasteiger partial charge in [-0.25, -0.2) is 8.78 Å². The highest BCUT2D eigenvalue weighted by molar-refractivity contribution is 5.77. The average molecular weight is 271 g/mol. The summed E-state index contributed by atoms with van der Waals surface area (Å²) in [5, 5.41) is 9.18. The molecule has 0 heterocycles. The van der Waals surface area contributed by atoms with Crippen molar-refractivity contribution in [2.75, 3.05) is 13.7 Å². The maximum atomic E-state index is 13.0. The highest BCUT2D eigenvalue weighted by Crippen LogP contribution is 2.15. The molecule has 0 aliphatic rings. The van der Waals surface area contributed by atoms with E-state index in [2.05, 4.69) is 0 Å². The normalized spacial score (nSPS) is 11.5. The number of carbonyl (C=O) groups excluding carboxylic acids is 1. The molecule has 5 heteroatoms. The van der Waals surface area contributed by atoms with Gasteiger partial charge < -0.3 is 10.0 Å². The molecule has 0 saturated heterocycles. The minimum atomic E-state index is -0.908. The van der Waals surface area contributed by atoms with E-state index in [1.54, 1.807) is 20.9 Å². The molecule has 0 radical (unpaired) electrons. The Morgan fingerprint density at radius 1 is 1.32 bits per heavy atom. The molecule has 1 aromatic carbocycles. The van der Waals surface area contributed by atoms with Crippen molar-refractivity contribution in [1.29, 1.82) is 0 Å². The Labute approximate surface area is 111 Å². The topological polar surface area (TPSA) is 40.5 Å². The lowest BCUT2D eigenvalue weighted by Crippen LogP contribution is -2.47. The molecule has 0 spiro atoms. The Balaban J connectivity index is 2.61. The van der Waals surface area contributed by atoms with Crippen molar-refractivity contribution in [1.82, 2.24) is 4.90 Å². The fourth-order valence-corrected chi connectivity index (χ4v) is 1.56. The van der Waals surface area contributed by atoms with E-state index in [9.17, 15) is 18.7 Å². The number of amides is 1. The molecule has 19 heavy (non-hydrogen) atoms. The first-order valence-electron chi connectivity index (χ1n) is 6.09. The van der Waals surface area contributed by atoms with Crippen molar-refractivity contribution >= 4 is 5.91 Å². The molecule has 0 bridgehead atoms. The molecular weight excluding hydrogens is 252 g/mol. The molecule has 0 aliphatic carbocycles. The molecule has 0 aliphatic heterocycles. The maximum Gasteiger partial charge on any atom is 0.223 e. The van der Waals surface area contributed by atoms with Gasteiger partial charge in [-0.1, -0.05) is 6.07 Å². The van der Waals surface area contributed by atoms with Gasteiger partial charge in [0.15, 0.2) is 11.6 Å². The Hall–Kier alpha value is -1.49. The van der Waals surface area contributed by atoms with Crippen molar-refractivity contribution < 1.29 is 18.7 Å². The molecule has 1 N–H and O–H groups in total. The number of carbonyl (C=O) groups is 1. The predicted molar refractivity (Wildman–Crippen MR) is 68.6 cm³/mol. The minimum Gasteiger partial charge on any atom is -0.394 e. The lowest BCUT2D eigenvalue weighted by molar-refractivity contribution is -0.135. The van der Waals surface area contributed by atoms with Crippen LogP contribution in [0.4, 0.5) is 8.78 Å². The van der Waals surface area contributed by atoms with Gasteiger partial charge in [-0.05, 0) is 38.0 Å². The number of aliphatic hydroxyl groups is 1. The molecule has 0 aromatic heterocycles. The van der Waals surface area contributed by atoms with Crippen molar-refractivity contribution in [3.05, 3.63) is 35.4 Å². The van der Waals surface area contributed by atoms with Gasteiger partial charge in [0.1, 0.15) is 0 Å². The van der Waals surface area contributed by atoms with E-state index in [-0.39, 0.29) is 18.9 Å². The Bertz CT molecular complexity index is 461. The lowest BCUT2D eigenvalue weighted by Gasteiger charge is -2.34. The molecule has 0 saturated carbocycles. The second-order valence-corrected chi connectivity index (χ2v) is 5.17. The summed E-state index contributed by atoms with van der Waals surface area (Å²) in [7, 11) is 1.61. The summed E-state index contributed by atoms with van der Waals surface area (Å²) in [4.78, 5) is 13.4. The van der Waals surface area contributed by atoms with Gasteiger partial charge in [0.05, 0.1) is 12.1 Å². The largest absolute Gasteiger partial charge is 0.394 e. The van der Waals surface area contributed by atoms with E-state index < -0.39 is 17.2 Å². The van der Waals surface area contributed by atoms with Gasteiger partial charge in [0, 0.05) is 13.5 Å². The first kappa shape index (κ1) is 15.6. The predicted octanol–water partition coefficient (Wildman–Crippen LogP) is 2.13. The molecule has 1 amide bonds. The second kappa shape index (κ2) is 6.10.